The second-order valence-corrected chi connectivity index (χ2v) is 7.99. The largest absolute Gasteiger partial charge is 0.496 e. The Morgan fingerprint density at radius 3 is 2.30 bits per heavy atom. The first-order valence-corrected chi connectivity index (χ1v) is 10.2. The Balaban J connectivity index is 1.85. The lowest BCUT2D eigenvalue weighted by Gasteiger charge is -2.41. The molecule has 1 atom stereocenters. The Hall–Kier alpha value is -4.09. The summed E-state index contributed by atoms with van der Waals surface area (Å²) in [6.07, 6.45) is 0. The van der Waals surface area contributed by atoms with Gasteiger partial charge in [0.15, 0.2) is 0 Å². The molecule has 1 amide bonds. The number of nitro groups is 2. The number of methoxy groups -OCH3 is 1. The van der Waals surface area contributed by atoms with Crippen molar-refractivity contribution in [2.24, 2.45) is 0 Å². The molecular weight excluding hydrogens is 432 g/mol. The van der Waals surface area contributed by atoms with Gasteiger partial charge in [0.25, 0.3) is 17.3 Å². The van der Waals surface area contributed by atoms with Crippen LogP contribution in [0.3, 0.4) is 0 Å². The monoisotopic (exact) mass is 458 g/mol. The first-order valence-electron chi connectivity index (χ1n) is 10.2. The third-order valence-electron chi connectivity index (χ3n) is 5.66. The third-order valence-corrected chi connectivity index (χ3v) is 5.66. The number of nitrogen functional groups attached to an aromatic ring is 1. The molecule has 1 saturated heterocycles. The van der Waals surface area contributed by atoms with Gasteiger partial charge in [-0.1, -0.05) is 0 Å². The summed E-state index contributed by atoms with van der Waals surface area (Å²) in [7, 11) is 4.77. The molecular formula is C21H26N6O6. The van der Waals surface area contributed by atoms with Gasteiger partial charge in [-0.3, -0.25) is 25.0 Å². The van der Waals surface area contributed by atoms with Crippen LogP contribution < -0.4 is 20.3 Å². The lowest BCUT2D eigenvalue weighted by atomic mass is 10.1. The molecule has 12 heteroatoms. The van der Waals surface area contributed by atoms with E-state index in [0.29, 0.717) is 25.3 Å². The Morgan fingerprint density at radius 2 is 1.79 bits per heavy atom. The molecule has 0 bridgehead atoms. The minimum absolute atomic E-state index is 0.0706. The van der Waals surface area contributed by atoms with E-state index < -0.39 is 9.85 Å². The van der Waals surface area contributed by atoms with Crippen LogP contribution >= 0.6 is 0 Å². The smallest absolute Gasteiger partial charge is 0.293 e. The summed E-state index contributed by atoms with van der Waals surface area (Å²) in [5, 5.41) is 22.6. The Morgan fingerprint density at radius 1 is 1.12 bits per heavy atom. The van der Waals surface area contributed by atoms with Gasteiger partial charge in [-0.15, -0.1) is 0 Å². The molecule has 3 rings (SSSR count). The lowest BCUT2D eigenvalue weighted by molar-refractivity contribution is -0.384. The summed E-state index contributed by atoms with van der Waals surface area (Å²) < 4.78 is 5.37. The summed E-state index contributed by atoms with van der Waals surface area (Å²) in [5.41, 5.74) is 6.73. The van der Waals surface area contributed by atoms with Gasteiger partial charge in [-0.05, 0) is 19.1 Å². The van der Waals surface area contributed by atoms with Gasteiger partial charge in [0.05, 0.1) is 22.5 Å². The molecule has 0 aliphatic carbocycles. The van der Waals surface area contributed by atoms with Crippen molar-refractivity contribution in [1.29, 1.82) is 0 Å². The van der Waals surface area contributed by atoms with E-state index in [2.05, 4.69) is 0 Å². The fraction of sp³-hybridized carbons (Fsp3) is 0.381. The summed E-state index contributed by atoms with van der Waals surface area (Å²) in [6.45, 7) is 3.09. The number of nitrogens with two attached hydrogens (primary N) is 1. The number of carbonyl (C=O) groups excluding carboxylic acids is 1. The van der Waals surface area contributed by atoms with E-state index in [1.54, 1.807) is 36.0 Å². The number of benzene rings is 2. The summed E-state index contributed by atoms with van der Waals surface area (Å²) in [4.78, 5) is 40.0. The van der Waals surface area contributed by atoms with Crippen LogP contribution in [0.4, 0.5) is 28.4 Å². The van der Waals surface area contributed by atoms with Crippen molar-refractivity contribution < 1.29 is 19.4 Å². The van der Waals surface area contributed by atoms with Crippen LogP contribution in [-0.4, -0.2) is 67.5 Å². The highest BCUT2D eigenvalue weighted by molar-refractivity contribution is 5.99. The number of ether oxygens (including phenoxy) is 1. The third kappa shape index (κ3) is 4.59. The molecule has 1 fully saturated rings. The van der Waals surface area contributed by atoms with Crippen molar-refractivity contribution in [2.45, 2.75) is 13.0 Å². The number of nitro benzene ring substituents is 2. The highest BCUT2D eigenvalue weighted by Gasteiger charge is 2.31. The van der Waals surface area contributed by atoms with Crippen LogP contribution in [0, 0.1) is 20.2 Å². The zero-order valence-corrected chi connectivity index (χ0v) is 18.8. The number of rotatable bonds is 6. The fourth-order valence-corrected chi connectivity index (χ4v) is 3.98. The zero-order valence-electron chi connectivity index (χ0n) is 18.8. The average molecular weight is 458 g/mol. The van der Waals surface area contributed by atoms with Crippen molar-refractivity contribution in [3.8, 4) is 5.75 Å². The first kappa shape index (κ1) is 23.6. The molecule has 0 unspecified atom stereocenters. The molecule has 1 heterocycles. The van der Waals surface area contributed by atoms with Crippen molar-refractivity contribution in [3.05, 3.63) is 56.1 Å². The van der Waals surface area contributed by atoms with E-state index in [4.69, 9.17) is 10.5 Å². The number of hydrogen-bond donors (Lipinski definition) is 1. The molecule has 0 saturated carbocycles. The van der Waals surface area contributed by atoms with E-state index in [0.717, 1.165) is 5.69 Å². The van der Waals surface area contributed by atoms with Gasteiger partial charge in [0.1, 0.15) is 17.1 Å². The molecule has 0 aromatic heterocycles. The van der Waals surface area contributed by atoms with Crippen LogP contribution in [0.2, 0.25) is 0 Å². The van der Waals surface area contributed by atoms with Crippen LogP contribution in [0.15, 0.2) is 30.3 Å². The Kier molecular flexibility index (Phi) is 6.56. The van der Waals surface area contributed by atoms with Crippen LogP contribution in [0.1, 0.15) is 17.3 Å². The number of amides is 1. The number of nitrogens with zero attached hydrogens (tertiary/aromatic N) is 5. The first-order chi connectivity index (χ1) is 15.5. The highest BCUT2D eigenvalue weighted by atomic mass is 16.6. The summed E-state index contributed by atoms with van der Waals surface area (Å²) in [5.74, 6) is -0.109. The molecule has 0 spiro atoms. The lowest BCUT2D eigenvalue weighted by Crippen LogP contribution is -2.53. The fourth-order valence-electron chi connectivity index (χ4n) is 3.98. The van der Waals surface area contributed by atoms with E-state index in [1.165, 1.54) is 25.3 Å². The van der Waals surface area contributed by atoms with Crippen molar-refractivity contribution in [1.82, 2.24) is 4.90 Å². The molecule has 2 N–H and O–H groups in total. The van der Waals surface area contributed by atoms with Gasteiger partial charge in [-0.2, -0.15) is 0 Å². The Labute approximate surface area is 190 Å². The Bertz CT molecular complexity index is 1100. The normalized spacial score (nSPS) is 15.8. The second kappa shape index (κ2) is 9.18. The topological polar surface area (TPSA) is 148 Å². The van der Waals surface area contributed by atoms with Gasteiger partial charge in [0.2, 0.25) is 0 Å². The molecule has 33 heavy (non-hydrogen) atoms. The predicted molar refractivity (Wildman–Crippen MR) is 124 cm³/mol. The van der Waals surface area contributed by atoms with E-state index in [9.17, 15) is 25.0 Å². The number of piperazine rings is 1. The van der Waals surface area contributed by atoms with E-state index in [-0.39, 0.29) is 40.3 Å². The van der Waals surface area contributed by atoms with Crippen LogP contribution in [0.5, 0.6) is 5.75 Å². The van der Waals surface area contributed by atoms with Crippen LogP contribution in [0.25, 0.3) is 0 Å². The van der Waals surface area contributed by atoms with Crippen molar-refractivity contribution in [2.75, 3.05) is 56.4 Å². The molecule has 1 aliphatic rings. The van der Waals surface area contributed by atoms with Gasteiger partial charge >= 0.3 is 0 Å². The maximum atomic E-state index is 13.3. The molecule has 2 aromatic rings. The predicted octanol–water partition coefficient (Wildman–Crippen LogP) is 2.51. The number of hydrogen-bond acceptors (Lipinski definition) is 9. The minimum Gasteiger partial charge on any atom is -0.496 e. The second-order valence-electron chi connectivity index (χ2n) is 7.99. The molecule has 176 valence electrons. The molecule has 12 nitrogen and oxygen atoms in total. The molecule has 0 radical (unpaired) electrons. The minimum atomic E-state index is -0.534. The maximum Gasteiger partial charge on any atom is 0.293 e. The van der Waals surface area contributed by atoms with Crippen molar-refractivity contribution >= 4 is 34.3 Å². The highest BCUT2D eigenvalue weighted by Crippen LogP contribution is 2.36. The van der Waals surface area contributed by atoms with Crippen molar-refractivity contribution in [3.63, 3.8) is 0 Å². The SMILES string of the molecule is COc1cc(N(C)C)c([N+](=O)[O-])cc1C(=O)N1CCN(c2ccc([N+](=O)[O-])c(N)c2)[C@@H](C)C1. The van der Waals surface area contributed by atoms with Gasteiger partial charge in [-0.25, -0.2) is 0 Å². The van der Waals surface area contributed by atoms with Crippen LogP contribution in [-0.2, 0) is 0 Å². The quantitative estimate of drug-likeness (QED) is 0.391. The number of anilines is 3. The molecule has 2 aromatic carbocycles. The van der Waals surface area contributed by atoms with E-state index in [1.807, 2.05) is 11.8 Å². The average Bonchev–Trinajstić information content (AvgIpc) is 2.77. The van der Waals surface area contributed by atoms with Gasteiger partial charge in [0, 0.05) is 63.7 Å². The standard InChI is InChI=1S/C21H26N6O6/c1-13-12-24(7-8-25(13)14-5-6-17(26(29)30)16(22)9-14)21(28)15-10-19(27(31)32)18(23(2)3)11-20(15)33-4/h5-6,9-11,13H,7-8,12,22H2,1-4H3/t13-/m0/s1. The van der Waals surface area contributed by atoms with Gasteiger partial charge < -0.3 is 25.2 Å². The zero-order chi connectivity index (χ0) is 24.4. The summed E-state index contributed by atoms with van der Waals surface area (Å²) >= 11 is 0. The maximum absolute atomic E-state index is 13.3. The molecule has 1 aliphatic heterocycles. The number of carbonyl (C=O) groups is 1. The van der Waals surface area contributed by atoms with E-state index >= 15 is 0 Å². The summed E-state index contributed by atoms with van der Waals surface area (Å²) in [6, 6.07) is 7.18.